The zero-order valence-electron chi connectivity index (χ0n) is 15.1. The fourth-order valence-electron chi connectivity index (χ4n) is 3.40. The Labute approximate surface area is 151 Å². The molecule has 0 aliphatic rings. The van der Waals surface area contributed by atoms with E-state index in [0.717, 1.165) is 11.8 Å². The van der Waals surface area contributed by atoms with Crippen molar-refractivity contribution in [3.63, 3.8) is 0 Å². The molecule has 1 aromatic heterocycles. The fourth-order valence-corrected chi connectivity index (χ4v) is 6.22. The molecule has 0 aliphatic heterocycles. The topological polar surface area (TPSA) is 22.1 Å². The van der Waals surface area contributed by atoms with Crippen LogP contribution in [-0.2, 0) is 0 Å². The molecule has 3 rings (SSSR count). The smallest absolute Gasteiger partial charge is 0.119 e. The average molecular weight is 348 g/mol. The van der Waals surface area contributed by atoms with Crippen LogP contribution in [0.5, 0.6) is 5.75 Å². The second kappa shape index (κ2) is 7.66. The average Bonchev–Trinajstić information content (AvgIpc) is 2.67. The van der Waals surface area contributed by atoms with Gasteiger partial charge in [0.05, 0.1) is 15.2 Å². The van der Waals surface area contributed by atoms with Crippen molar-refractivity contribution in [1.82, 2.24) is 4.98 Å². The first-order valence-corrected chi connectivity index (χ1v) is 11.9. The van der Waals surface area contributed by atoms with Crippen LogP contribution in [-0.4, -0.2) is 20.2 Å². The maximum absolute atomic E-state index is 5.45. The van der Waals surface area contributed by atoms with E-state index in [1.165, 1.54) is 16.3 Å². The maximum Gasteiger partial charge on any atom is 0.119 e. The van der Waals surface area contributed by atoms with Gasteiger partial charge in [-0.15, -0.1) is 0 Å². The normalized spacial score (nSPS) is 12.6. The van der Waals surface area contributed by atoms with Gasteiger partial charge in [-0.05, 0) is 41.4 Å². The summed E-state index contributed by atoms with van der Waals surface area (Å²) in [6.45, 7) is 4.91. The predicted octanol–water partition coefficient (Wildman–Crippen LogP) is 4.84. The highest BCUT2D eigenvalue weighted by molar-refractivity contribution is 6.89. The van der Waals surface area contributed by atoms with Crippen LogP contribution in [0.25, 0.3) is 0 Å². The minimum Gasteiger partial charge on any atom is -0.497 e. The van der Waals surface area contributed by atoms with Gasteiger partial charge in [0, 0.05) is 18.3 Å². The highest BCUT2D eigenvalue weighted by Crippen LogP contribution is 2.34. The van der Waals surface area contributed by atoms with Gasteiger partial charge in [0.2, 0.25) is 0 Å². The highest BCUT2D eigenvalue weighted by Gasteiger charge is 2.29. The van der Waals surface area contributed by atoms with Gasteiger partial charge in [-0.2, -0.15) is 0 Å². The summed E-state index contributed by atoms with van der Waals surface area (Å²) in [7, 11) is 0.129. The van der Waals surface area contributed by atoms with E-state index < -0.39 is 8.07 Å². The number of methoxy groups -OCH3 is 1. The maximum atomic E-state index is 5.45. The van der Waals surface area contributed by atoms with Gasteiger partial charge in [0.1, 0.15) is 5.75 Å². The van der Waals surface area contributed by atoms with E-state index >= 15 is 0 Å². The molecule has 0 radical (unpaired) electrons. The summed E-state index contributed by atoms with van der Waals surface area (Å²) in [4.78, 5) is 4.20. The Bertz CT molecular complexity index is 803. The monoisotopic (exact) mass is 347 g/mol. The minimum atomic E-state index is -1.60. The molecule has 25 heavy (non-hydrogen) atoms. The van der Waals surface area contributed by atoms with Gasteiger partial charge in [0.15, 0.2) is 0 Å². The Kier molecular flexibility index (Phi) is 5.34. The van der Waals surface area contributed by atoms with Crippen molar-refractivity contribution in [1.29, 1.82) is 0 Å². The first kappa shape index (κ1) is 17.4. The van der Waals surface area contributed by atoms with Crippen LogP contribution in [0.2, 0.25) is 19.1 Å². The van der Waals surface area contributed by atoms with E-state index in [-0.39, 0.29) is 0 Å². The Hall–Kier alpha value is -2.39. The van der Waals surface area contributed by atoms with Crippen LogP contribution in [0, 0.1) is 0 Å². The second-order valence-corrected chi connectivity index (χ2v) is 11.8. The second-order valence-electron chi connectivity index (χ2n) is 7.06. The van der Waals surface area contributed by atoms with Crippen LogP contribution in [0.15, 0.2) is 79.1 Å². The van der Waals surface area contributed by atoms with Crippen molar-refractivity contribution < 1.29 is 4.74 Å². The lowest BCUT2D eigenvalue weighted by molar-refractivity contribution is 0.414. The molecule has 0 N–H and O–H groups in total. The van der Waals surface area contributed by atoms with E-state index in [2.05, 4.69) is 78.7 Å². The van der Waals surface area contributed by atoms with E-state index in [1.807, 2.05) is 18.5 Å². The Balaban J connectivity index is 2.00. The summed E-state index contributed by atoms with van der Waals surface area (Å²) in [5, 5.41) is 1.50. The zero-order valence-corrected chi connectivity index (χ0v) is 16.1. The van der Waals surface area contributed by atoms with Crippen molar-refractivity contribution in [2.45, 2.75) is 25.1 Å². The van der Waals surface area contributed by atoms with Gasteiger partial charge in [-0.25, -0.2) is 0 Å². The molecule has 3 heteroatoms. The van der Waals surface area contributed by atoms with Crippen molar-refractivity contribution >= 4 is 13.3 Å². The highest BCUT2D eigenvalue weighted by atomic mass is 28.3. The van der Waals surface area contributed by atoms with Gasteiger partial charge < -0.3 is 4.74 Å². The van der Waals surface area contributed by atoms with Crippen molar-refractivity contribution in [2.75, 3.05) is 7.11 Å². The van der Waals surface area contributed by atoms with Crippen molar-refractivity contribution in [2.24, 2.45) is 0 Å². The molecule has 2 aromatic carbocycles. The lowest BCUT2D eigenvalue weighted by Crippen LogP contribution is -2.42. The lowest BCUT2D eigenvalue weighted by Gasteiger charge is -2.29. The number of ether oxygens (including phenoxy) is 1. The van der Waals surface area contributed by atoms with Gasteiger partial charge >= 0.3 is 0 Å². The summed E-state index contributed by atoms with van der Waals surface area (Å²) in [6, 6.07) is 24.8. The molecule has 1 unspecified atom stereocenters. The van der Waals surface area contributed by atoms with E-state index in [4.69, 9.17) is 4.74 Å². The molecule has 2 nitrogen and oxygen atoms in total. The molecule has 128 valence electrons. The number of benzene rings is 2. The van der Waals surface area contributed by atoms with E-state index in [1.54, 1.807) is 7.11 Å². The largest absolute Gasteiger partial charge is 0.497 e. The van der Waals surface area contributed by atoms with Crippen LogP contribution in [0.4, 0.5) is 0 Å². The van der Waals surface area contributed by atoms with Crippen LogP contribution >= 0.6 is 0 Å². The Morgan fingerprint density at radius 3 is 2.28 bits per heavy atom. The fraction of sp³-hybridized carbons (Fsp3) is 0.227. The molecule has 0 saturated carbocycles. The van der Waals surface area contributed by atoms with Crippen LogP contribution < -0.4 is 9.92 Å². The molecule has 0 bridgehead atoms. The summed E-state index contributed by atoms with van der Waals surface area (Å²) >= 11 is 0. The van der Waals surface area contributed by atoms with E-state index in [9.17, 15) is 0 Å². The summed E-state index contributed by atoms with van der Waals surface area (Å²) in [6.07, 6.45) is 3.78. The number of pyridine rings is 1. The minimum absolute atomic E-state index is 0.347. The molecular formula is C22H25NOSi. The molecule has 3 aromatic rings. The molecule has 1 atom stereocenters. The number of rotatable bonds is 6. The first-order valence-electron chi connectivity index (χ1n) is 8.69. The molecule has 0 amide bonds. The third-order valence-electron chi connectivity index (χ3n) is 4.87. The number of aromatic nitrogens is 1. The molecular weight excluding hydrogens is 322 g/mol. The molecule has 0 spiro atoms. The van der Waals surface area contributed by atoms with Gasteiger partial charge in [0.25, 0.3) is 0 Å². The Morgan fingerprint density at radius 1 is 0.880 bits per heavy atom. The summed E-state index contributed by atoms with van der Waals surface area (Å²) < 4.78 is 5.45. The zero-order chi connectivity index (χ0) is 17.7. The van der Waals surface area contributed by atoms with Crippen molar-refractivity contribution in [3.05, 3.63) is 90.3 Å². The predicted molar refractivity (Wildman–Crippen MR) is 107 cm³/mol. The van der Waals surface area contributed by atoms with E-state index in [0.29, 0.717) is 5.92 Å². The van der Waals surface area contributed by atoms with Crippen LogP contribution in [0.1, 0.15) is 17.0 Å². The van der Waals surface area contributed by atoms with Gasteiger partial charge in [-0.3, -0.25) is 4.98 Å². The molecule has 1 heterocycles. The van der Waals surface area contributed by atoms with Crippen molar-refractivity contribution in [3.8, 4) is 5.75 Å². The number of hydrogen-bond donors (Lipinski definition) is 0. The van der Waals surface area contributed by atoms with Crippen LogP contribution in [0.3, 0.4) is 0 Å². The standard InChI is InChI=1S/C22H25NOSi/c1-24-20-9-7-8-19(16-20)22(18-12-14-23-15-13-18)17-25(2,3)21-10-5-4-6-11-21/h4-16,22H,17H2,1-3H3. The quantitative estimate of drug-likeness (QED) is 0.595. The summed E-state index contributed by atoms with van der Waals surface area (Å²) in [5.74, 6) is 1.26. The Morgan fingerprint density at radius 2 is 1.60 bits per heavy atom. The molecule has 0 fully saturated rings. The SMILES string of the molecule is COc1cccc(C(C[Si](C)(C)c2ccccc2)c2ccncc2)c1. The molecule has 0 saturated heterocycles. The van der Waals surface area contributed by atoms with Gasteiger partial charge in [-0.1, -0.05) is 60.7 Å². The lowest BCUT2D eigenvalue weighted by atomic mass is 9.93. The first-order chi connectivity index (χ1) is 12.1. The summed E-state index contributed by atoms with van der Waals surface area (Å²) in [5.41, 5.74) is 2.63. The third-order valence-corrected chi connectivity index (χ3v) is 8.20. The number of nitrogens with zero attached hydrogens (tertiary/aromatic N) is 1. The third kappa shape index (κ3) is 4.17. The molecule has 0 aliphatic carbocycles. The number of hydrogen-bond acceptors (Lipinski definition) is 2.